The van der Waals surface area contributed by atoms with Crippen LogP contribution in [0.5, 0.6) is 0 Å². The number of anilines is 1. The lowest BCUT2D eigenvalue weighted by Crippen LogP contribution is -2.23. The first-order valence-electron chi connectivity index (χ1n) is 6.31. The van der Waals surface area contributed by atoms with E-state index in [9.17, 15) is 17.6 Å². The molecular weight excluding hydrogens is 307 g/mol. The number of nitrogens with one attached hydrogen (secondary N) is 1. The summed E-state index contributed by atoms with van der Waals surface area (Å²) in [4.78, 5) is 11.6. The molecule has 0 unspecified atom stereocenters. The van der Waals surface area contributed by atoms with Crippen LogP contribution in [0.1, 0.15) is 6.92 Å². The van der Waals surface area contributed by atoms with Crippen molar-refractivity contribution >= 4 is 26.4 Å². The number of carbonyl (C=O) groups excluding carboxylic acids is 1. The Hall–Kier alpha value is -2.54. The number of benzene rings is 2. The van der Waals surface area contributed by atoms with Crippen LogP contribution < -0.4 is 5.43 Å². The Morgan fingerprint density at radius 1 is 1.05 bits per heavy atom. The van der Waals surface area contributed by atoms with Crippen LogP contribution in [0.2, 0.25) is 0 Å². The molecule has 7 heteroatoms. The standard InChI is InChI=1S/C15H13FN2O3S/c1-11(19)15(18-17-13-9-7-12(16)8-10-13)22(20,21)14-5-3-2-4-6-14/h2-10,17H,1H3/b18-15-. The minimum absolute atomic E-state index is 0.0233. The summed E-state index contributed by atoms with van der Waals surface area (Å²) >= 11 is 0. The maximum Gasteiger partial charge on any atom is 0.229 e. The molecule has 2 rings (SSSR count). The molecule has 114 valence electrons. The van der Waals surface area contributed by atoms with Crippen LogP contribution in [0.25, 0.3) is 0 Å². The first-order chi connectivity index (χ1) is 10.4. The number of hydrazone groups is 1. The molecule has 2 aromatic carbocycles. The normalized spacial score (nSPS) is 12.0. The summed E-state index contributed by atoms with van der Waals surface area (Å²) in [6.45, 7) is 1.12. The average molecular weight is 320 g/mol. The van der Waals surface area contributed by atoms with E-state index in [4.69, 9.17) is 0 Å². The third-order valence-electron chi connectivity index (χ3n) is 2.74. The van der Waals surface area contributed by atoms with Crippen molar-refractivity contribution in [1.82, 2.24) is 0 Å². The Labute approximate surface area is 127 Å². The van der Waals surface area contributed by atoms with Crippen LogP contribution in [-0.2, 0) is 14.6 Å². The number of nitrogens with zero attached hydrogens (tertiary/aromatic N) is 1. The third kappa shape index (κ3) is 3.56. The molecule has 0 amide bonds. The molecule has 0 atom stereocenters. The summed E-state index contributed by atoms with van der Waals surface area (Å²) in [6, 6.07) is 12.7. The van der Waals surface area contributed by atoms with E-state index in [0.717, 1.165) is 6.92 Å². The van der Waals surface area contributed by atoms with Crippen LogP contribution in [0.15, 0.2) is 64.6 Å². The first kappa shape index (κ1) is 15.8. The topological polar surface area (TPSA) is 75.6 Å². The molecule has 0 spiro atoms. The van der Waals surface area contributed by atoms with Gasteiger partial charge in [-0.25, -0.2) is 12.8 Å². The summed E-state index contributed by atoms with van der Waals surface area (Å²) in [5, 5.41) is 3.07. The van der Waals surface area contributed by atoms with Gasteiger partial charge in [-0.1, -0.05) is 18.2 Å². The average Bonchev–Trinajstić information content (AvgIpc) is 2.50. The van der Waals surface area contributed by atoms with Crippen LogP contribution in [0.4, 0.5) is 10.1 Å². The third-order valence-corrected chi connectivity index (χ3v) is 4.52. The van der Waals surface area contributed by atoms with Gasteiger partial charge in [0.1, 0.15) is 5.82 Å². The number of ketones is 1. The quantitative estimate of drug-likeness (QED) is 0.534. The van der Waals surface area contributed by atoms with Gasteiger partial charge in [-0.2, -0.15) is 5.10 Å². The van der Waals surface area contributed by atoms with E-state index in [0.29, 0.717) is 5.69 Å². The fourth-order valence-corrected chi connectivity index (χ4v) is 2.96. The highest BCUT2D eigenvalue weighted by molar-refractivity contribution is 8.08. The van der Waals surface area contributed by atoms with E-state index in [-0.39, 0.29) is 4.90 Å². The number of carbonyl (C=O) groups is 1. The Morgan fingerprint density at radius 2 is 1.64 bits per heavy atom. The van der Waals surface area contributed by atoms with Gasteiger partial charge in [0.25, 0.3) is 0 Å². The lowest BCUT2D eigenvalue weighted by molar-refractivity contribution is -0.110. The monoisotopic (exact) mass is 320 g/mol. The van der Waals surface area contributed by atoms with E-state index < -0.39 is 26.5 Å². The zero-order valence-electron chi connectivity index (χ0n) is 11.7. The van der Waals surface area contributed by atoms with Gasteiger partial charge in [0.2, 0.25) is 14.9 Å². The van der Waals surface area contributed by atoms with Gasteiger partial charge >= 0.3 is 0 Å². The Bertz CT molecular complexity index is 800. The summed E-state index contributed by atoms with van der Waals surface area (Å²) < 4.78 is 37.6. The Kier molecular flexibility index (Phi) is 4.67. The van der Waals surface area contributed by atoms with Crippen LogP contribution >= 0.6 is 0 Å². The molecule has 0 aromatic heterocycles. The molecule has 0 bridgehead atoms. The van der Waals surface area contributed by atoms with Gasteiger partial charge in [0, 0.05) is 6.92 Å². The first-order valence-corrected chi connectivity index (χ1v) is 7.80. The highest BCUT2D eigenvalue weighted by Gasteiger charge is 2.26. The number of rotatable bonds is 4. The molecule has 2 aromatic rings. The van der Waals surface area contributed by atoms with E-state index in [2.05, 4.69) is 10.5 Å². The molecule has 0 saturated carbocycles. The maximum atomic E-state index is 12.8. The van der Waals surface area contributed by atoms with E-state index in [1.807, 2.05) is 0 Å². The molecule has 22 heavy (non-hydrogen) atoms. The van der Waals surface area contributed by atoms with Gasteiger partial charge in [-0.15, -0.1) is 0 Å². The number of hydrogen-bond acceptors (Lipinski definition) is 5. The second-order valence-electron chi connectivity index (χ2n) is 4.41. The van der Waals surface area contributed by atoms with Crippen molar-refractivity contribution in [3.8, 4) is 0 Å². The van der Waals surface area contributed by atoms with E-state index in [1.54, 1.807) is 18.2 Å². The number of hydrogen-bond donors (Lipinski definition) is 1. The Balaban J connectivity index is 2.36. The van der Waals surface area contributed by atoms with Gasteiger partial charge in [-0.3, -0.25) is 10.2 Å². The van der Waals surface area contributed by atoms with Crippen molar-refractivity contribution in [1.29, 1.82) is 0 Å². The van der Waals surface area contributed by atoms with Crippen molar-refractivity contribution in [2.75, 3.05) is 5.43 Å². The van der Waals surface area contributed by atoms with E-state index in [1.165, 1.54) is 36.4 Å². The fourth-order valence-electron chi connectivity index (χ4n) is 1.68. The summed E-state index contributed by atoms with van der Waals surface area (Å²) in [5.74, 6) is -1.13. The van der Waals surface area contributed by atoms with Crippen molar-refractivity contribution < 1.29 is 17.6 Å². The fraction of sp³-hybridized carbons (Fsp3) is 0.0667. The number of halogens is 1. The second kappa shape index (κ2) is 6.48. The molecule has 0 aliphatic rings. The maximum absolute atomic E-state index is 12.8. The second-order valence-corrected chi connectivity index (χ2v) is 6.27. The van der Waals surface area contributed by atoms with Crippen LogP contribution in [-0.4, -0.2) is 19.2 Å². The SMILES string of the molecule is CC(=O)/C(=N/Nc1ccc(F)cc1)S(=O)(=O)c1ccccc1. The molecule has 0 aliphatic carbocycles. The van der Waals surface area contributed by atoms with E-state index >= 15 is 0 Å². The summed E-state index contributed by atoms with van der Waals surface area (Å²) in [5.41, 5.74) is 2.81. The van der Waals surface area contributed by atoms with Gasteiger partial charge < -0.3 is 0 Å². The largest absolute Gasteiger partial charge is 0.292 e. The zero-order chi connectivity index (χ0) is 16.2. The minimum atomic E-state index is -4.01. The zero-order valence-corrected chi connectivity index (χ0v) is 12.5. The molecule has 0 saturated heterocycles. The van der Waals surface area contributed by atoms with Crippen LogP contribution in [0, 0.1) is 5.82 Å². The molecule has 0 heterocycles. The molecule has 0 fully saturated rings. The smallest absolute Gasteiger partial charge is 0.229 e. The highest BCUT2D eigenvalue weighted by atomic mass is 32.2. The lowest BCUT2D eigenvalue weighted by Gasteiger charge is -2.06. The highest BCUT2D eigenvalue weighted by Crippen LogP contribution is 2.14. The van der Waals surface area contributed by atoms with Gasteiger partial charge in [0.05, 0.1) is 10.6 Å². The van der Waals surface area contributed by atoms with Crippen molar-refractivity contribution in [3.63, 3.8) is 0 Å². The molecule has 1 N–H and O–H groups in total. The van der Waals surface area contributed by atoms with Crippen LogP contribution in [0.3, 0.4) is 0 Å². The predicted octanol–water partition coefficient (Wildman–Crippen LogP) is 2.61. The van der Waals surface area contributed by atoms with Crippen molar-refractivity contribution in [2.45, 2.75) is 11.8 Å². The van der Waals surface area contributed by atoms with Gasteiger partial charge in [0.15, 0.2) is 5.78 Å². The van der Waals surface area contributed by atoms with Crippen molar-refractivity contribution in [3.05, 3.63) is 60.4 Å². The molecule has 5 nitrogen and oxygen atoms in total. The van der Waals surface area contributed by atoms with Crippen molar-refractivity contribution in [2.24, 2.45) is 5.10 Å². The summed E-state index contributed by atoms with van der Waals surface area (Å²) in [7, 11) is -4.01. The Morgan fingerprint density at radius 3 is 2.18 bits per heavy atom. The minimum Gasteiger partial charge on any atom is -0.292 e. The predicted molar refractivity (Wildman–Crippen MR) is 81.8 cm³/mol. The number of sulfone groups is 1. The molecule has 0 radical (unpaired) electrons. The summed E-state index contributed by atoms with van der Waals surface area (Å²) in [6.07, 6.45) is 0. The van der Waals surface area contributed by atoms with Gasteiger partial charge in [-0.05, 0) is 36.4 Å². The molecular formula is C15H13FN2O3S. The molecule has 0 aliphatic heterocycles. The lowest BCUT2D eigenvalue weighted by atomic mass is 10.3. The number of Topliss-reactive ketones (excluding diaryl/α,β-unsaturated/α-hetero) is 1.